The van der Waals surface area contributed by atoms with E-state index in [0.717, 1.165) is 12.8 Å². The monoisotopic (exact) mass is 389 g/mol. The highest BCUT2D eigenvalue weighted by Gasteiger charge is 2.27. The number of hydrogen-bond acceptors (Lipinski definition) is 6. The molecule has 3 rings (SSSR count). The van der Waals surface area contributed by atoms with E-state index in [9.17, 15) is 19.2 Å². The normalized spacial score (nSPS) is 15.8. The molecule has 0 spiro atoms. The van der Waals surface area contributed by atoms with Crippen LogP contribution in [0, 0.1) is 0 Å². The molecule has 2 aliphatic rings. The van der Waals surface area contributed by atoms with Crippen molar-refractivity contribution >= 4 is 29.4 Å². The number of nitrogens with zero attached hydrogens (tertiary/aromatic N) is 2. The highest BCUT2D eigenvalue weighted by molar-refractivity contribution is 5.99. The van der Waals surface area contributed by atoms with Gasteiger partial charge >= 0.3 is 5.97 Å². The molecule has 28 heavy (non-hydrogen) atoms. The van der Waals surface area contributed by atoms with Gasteiger partial charge in [-0.05, 0) is 25.0 Å². The number of fused-ring (bicyclic) bond motifs is 1. The molecule has 0 bridgehead atoms. The predicted octanol–water partition coefficient (Wildman–Crippen LogP) is 0.0823. The van der Waals surface area contributed by atoms with E-state index < -0.39 is 18.5 Å². The van der Waals surface area contributed by atoms with Crippen molar-refractivity contribution < 1.29 is 28.7 Å². The summed E-state index contributed by atoms with van der Waals surface area (Å²) < 4.78 is 10.5. The summed E-state index contributed by atoms with van der Waals surface area (Å²) in [5.74, 6) is -1.20. The fourth-order valence-electron chi connectivity index (χ4n) is 2.72. The lowest BCUT2D eigenvalue weighted by atomic mass is 10.2. The molecule has 1 aromatic rings. The van der Waals surface area contributed by atoms with Crippen molar-refractivity contribution in [2.75, 3.05) is 38.3 Å². The summed E-state index contributed by atoms with van der Waals surface area (Å²) in [6, 6.07) is 7.14. The van der Waals surface area contributed by atoms with Crippen LogP contribution in [0.2, 0.25) is 0 Å². The summed E-state index contributed by atoms with van der Waals surface area (Å²) in [4.78, 5) is 50.7. The van der Waals surface area contributed by atoms with Crippen LogP contribution in [0.4, 0.5) is 5.69 Å². The minimum Gasteiger partial charge on any atom is -0.491 e. The average Bonchev–Trinajstić information content (AvgIpc) is 3.49. The Morgan fingerprint density at radius 1 is 1.29 bits per heavy atom. The molecule has 0 atom stereocenters. The van der Waals surface area contributed by atoms with Crippen LogP contribution in [0.1, 0.15) is 19.3 Å². The van der Waals surface area contributed by atoms with Gasteiger partial charge in [0, 0.05) is 13.1 Å². The standard InChI is InChI=1S/C19H23N3O6/c1-21(10-16(23)20-13-6-7-13)18(25)12-28-19(26)11-22-14-4-2-3-5-15(14)27-9-8-17(22)24/h2-5,13H,6-12H2,1H3,(H,20,23). The van der Waals surface area contributed by atoms with E-state index in [1.54, 1.807) is 24.3 Å². The van der Waals surface area contributed by atoms with E-state index in [0.29, 0.717) is 11.4 Å². The molecular weight excluding hydrogens is 366 g/mol. The Hall–Kier alpha value is -3.10. The average molecular weight is 389 g/mol. The van der Waals surface area contributed by atoms with E-state index in [1.807, 2.05) is 0 Å². The molecule has 9 nitrogen and oxygen atoms in total. The molecule has 0 aromatic heterocycles. The van der Waals surface area contributed by atoms with Gasteiger partial charge in [-0.25, -0.2) is 0 Å². The summed E-state index contributed by atoms with van der Waals surface area (Å²) >= 11 is 0. The van der Waals surface area contributed by atoms with Crippen molar-refractivity contribution in [2.45, 2.75) is 25.3 Å². The van der Waals surface area contributed by atoms with Gasteiger partial charge in [0.1, 0.15) is 12.3 Å². The Labute approximate surface area is 162 Å². The van der Waals surface area contributed by atoms with Gasteiger partial charge in [0.05, 0.1) is 25.3 Å². The molecule has 0 radical (unpaired) electrons. The van der Waals surface area contributed by atoms with Crippen LogP contribution in [0.25, 0.3) is 0 Å². The fraction of sp³-hybridized carbons (Fsp3) is 0.474. The molecule has 0 saturated heterocycles. The van der Waals surface area contributed by atoms with Gasteiger partial charge < -0.3 is 19.7 Å². The minimum absolute atomic E-state index is 0.0950. The number of carbonyl (C=O) groups excluding carboxylic acids is 4. The molecule has 1 heterocycles. The number of carbonyl (C=O) groups is 4. The summed E-state index contributed by atoms with van der Waals surface area (Å²) in [6.07, 6.45) is 2.06. The van der Waals surface area contributed by atoms with E-state index in [-0.39, 0.29) is 44.0 Å². The van der Waals surface area contributed by atoms with Crippen LogP contribution in [-0.2, 0) is 23.9 Å². The quantitative estimate of drug-likeness (QED) is 0.663. The number of likely N-dealkylation sites (N-methyl/N-ethyl adjacent to an activating group) is 1. The SMILES string of the molecule is CN(CC(=O)NC1CC1)C(=O)COC(=O)CN1C(=O)CCOc2ccccc21. The van der Waals surface area contributed by atoms with Gasteiger partial charge in [0.25, 0.3) is 5.91 Å². The van der Waals surface area contributed by atoms with Crippen LogP contribution in [0.15, 0.2) is 24.3 Å². The van der Waals surface area contributed by atoms with Crippen LogP contribution in [0.5, 0.6) is 5.75 Å². The summed E-state index contributed by atoms with van der Waals surface area (Å²) in [7, 11) is 1.47. The van der Waals surface area contributed by atoms with Crippen LogP contribution < -0.4 is 15.0 Å². The maximum atomic E-state index is 12.3. The van der Waals surface area contributed by atoms with Crippen LogP contribution in [-0.4, -0.2) is 68.0 Å². The molecule has 1 aromatic carbocycles. The second-order valence-electron chi connectivity index (χ2n) is 6.80. The molecule has 9 heteroatoms. The Morgan fingerprint density at radius 2 is 2.04 bits per heavy atom. The second-order valence-corrected chi connectivity index (χ2v) is 6.80. The smallest absolute Gasteiger partial charge is 0.326 e. The summed E-state index contributed by atoms with van der Waals surface area (Å²) in [5.41, 5.74) is 0.488. The first kappa shape index (κ1) is 19.7. The molecule has 1 saturated carbocycles. The van der Waals surface area contributed by atoms with Crippen molar-refractivity contribution in [3.05, 3.63) is 24.3 Å². The van der Waals surface area contributed by atoms with Crippen molar-refractivity contribution in [2.24, 2.45) is 0 Å². The fourth-order valence-corrected chi connectivity index (χ4v) is 2.72. The third-order valence-corrected chi connectivity index (χ3v) is 4.42. The predicted molar refractivity (Wildman–Crippen MR) is 98.7 cm³/mol. The van der Waals surface area contributed by atoms with Crippen molar-refractivity contribution in [3.8, 4) is 5.75 Å². The molecule has 150 valence electrons. The van der Waals surface area contributed by atoms with Crippen molar-refractivity contribution in [1.29, 1.82) is 0 Å². The van der Waals surface area contributed by atoms with Gasteiger partial charge in [-0.2, -0.15) is 0 Å². The minimum atomic E-state index is -0.714. The lowest BCUT2D eigenvalue weighted by molar-refractivity contribution is -0.151. The molecule has 1 N–H and O–H groups in total. The number of ether oxygens (including phenoxy) is 2. The zero-order valence-electron chi connectivity index (χ0n) is 15.7. The number of benzene rings is 1. The molecular formula is C19H23N3O6. The number of rotatable bonds is 7. The number of nitrogens with one attached hydrogen (secondary N) is 1. The van der Waals surface area contributed by atoms with E-state index >= 15 is 0 Å². The third kappa shape index (κ3) is 5.21. The van der Waals surface area contributed by atoms with Gasteiger partial charge in [0.15, 0.2) is 6.61 Å². The number of anilines is 1. The molecule has 1 fully saturated rings. The van der Waals surface area contributed by atoms with E-state index in [4.69, 9.17) is 9.47 Å². The first-order valence-electron chi connectivity index (χ1n) is 9.15. The van der Waals surface area contributed by atoms with Gasteiger partial charge in [-0.1, -0.05) is 12.1 Å². The van der Waals surface area contributed by atoms with Crippen molar-refractivity contribution in [3.63, 3.8) is 0 Å². The van der Waals surface area contributed by atoms with Gasteiger partial charge in [-0.15, -0.1) is 0 Å². The summed E-state index contributed by atoms with van der Waals surface area (Å²) in [5, 5.41) is 2.78. The lowest BCUT2D eigenvalue weighted by Crippen LogP contribution is -2.41. The summed E-state index contributed by atoms with van der Waals surface area (Å²) in [6.45, 7) is -0.680. The molecule has 0 unspecified atom stereocenters. The zero-order valence-corrected chi connectivity index (χ0v) is 15.7. The Balaban J connectivity index is 1.50. The topological polar surface area (TPSA) is 105 Å². The van der Waals surface area contributed by atoms with Crippen LogP contribution in [0.3, 0.4) is 0 Å². The van der Waals surface area contributed by atoms with E-state index in [1.165, 1.54) is 16.8 Å². The largest absolute Gasteiger partial charge is 0.491 e. The van der Waals surface area contributed by atoms with Gasteiger partial charge in [-0.3, -0.25) is 24.1 Å². The number of hydrogen-bond donors (Lipinski definition) is 1. The van der Waals surface area contributed by atoms with Crippen molar-refractivity contribution in [1.82, 2.24) is 10.2 Å². The van der Waals surface area contributed by atoms with Gasteiger partial charge in [0.2, 0.25) is 11.8 Å². The maximum absolute atomic E-state index is 12.3. The third-order valence-electron chi connectivity index (χ3n) is 4.42. The Bertz CT molecular complexity index is 777. The highest BCUT2D eigenvalue weighted by Crippen LogP contribution is 2.30. The van der Waals surface area contributed by atoms with E-state index in [2.05, 4.69) is 5.32 Å². The Kier molecular flexibility index (Phi) is 6.13. The molecule has 3 amide bonds. The number of esters is 1. The zero-order chi connectivity index (χ0) is 20.1. The highest BCUT2D eigenvalue weighted by atomic mass is 16.5. The number of amides is 3. The maximum Gasteiger partial charge on any atom is 0.326 e. The molecule has 1 aliphatic heterocycles. The second kappa shape index (κ2) is 8.73. The first-order chi connectivity index (χ1) is 13.4. The number of para-hydroxylation sites is 2. The molecule has 1 aliphatic carbocycles. The lowest BCUT2D eigenvalue weighted by Gasteiger charge is -2.21. The Morgan fingerprint density at radius 3 is 2.79 bits per heavy atom. The van der Waals surface area contributed by atoms with Crippen LogP contribution >= 0.6 is 0 Å². The first-order valence-corrected chi connectivity index (χ1v) is 9.15.